The lowest BCUT2D eigenvalue weighted by Gasteiger charge is -2.34. The Balaban J connectivity index is 1.78. The monoisotopic (exact) mass is 501 g/mol. The van der Waals surface area contributed by atoms with Gasteiger partial charge in [-0.3, -0.25) is 5.32 Å². The van der Waals surface area contributed by atoms with E-state index in [4.69, 9.17) is 0 Å². The lowest BCUT2D eigenvalue weighted by molar-refractivity contribution is 0.210. The van der Waals surface area contributed by atoms with Gasteiger partial charge in [0.1, 0.15) is 0 Å². The number of amides is 1. The van der Waals surface area contributed by atoms with Crippen molar-refractivity contribution >= 4 is 72.1 Å². The Morgan fingerprint density at radius 2 is 1.17 bits per heavy atom. The van der Waals surface area contributed by atoms with Crippen molar-refractivity contribution in [2.24, 2.45) is 0 Å². The number of anilines is 1. The maximum Gasteiger partial charge on any atom is 0.409 e. The molecule has 3 nitrogen and oxygen atoms in total. The van der Waals surface area contributed by atoms with Crippen molar-refractivity contribution in [2.75, 3.05) is 5.32 Å². The molecule has 0 fully saturated rings. The van der Waals surface area contributed by atoms with Crippen LogP contribution in [0, 0.1) is 0 Å². The molecule has 1 heterocycles. The minimum Gasteiger partial charge on any atom is -0.465 e. The highest BCUT2D eigenvalue weighted by Gasteiger charge is 2.42. The fourth-order valence-electron chi connectivity index (χ4n) is 5.39. The van der Waals surface area contributed by atoms with Crippen LogP contribution in [0.4, 0.5) is 10.5 Å². The molecular formula is C31H23NO2SSi. The van der Waals surface area contributed by atoms with Gasteiger partial charge in [0, 0.05) is 20.2 Å². The van der Waals surface area contributed by atoms with Gasteiger partial charge in [0.25, 0.3) is 0 Å². The van der Waals surface area contributed by atoms with E-state index in [1.807, 2.05) is 12.1 Å². The summed E-state index contributed by atoms with van der Waals surface area (Å²) in [5.74, 6) is 0. The number of nitrogens with one attached hydrogen (secondary N) is 1. The van der Waals surface area contributed by atoms with Crippen LogP contribution in [0.5, 0.6) is 0 Å². The second kappa shape index (κ2) is 9.11. The van der Waals surface area contributed by atoms with Crippen LogP contribution in [-0.2, 0) is 0 Å². The zero-order valence-corrected chi connectivity index (χ0v) is 21.2. The zero-order chi connectivity index (χ0) is 24.5. The van der Waals surface area contributed by atoms with Gasteiger partial charge in [-0.25, -0.2) is 4.79 Å². The topological polar surface area (TPSA) is 49.3 Å². The third kappa shape index (κ3) is 3.52. The van der Waals surface area contributed by atoms with Crippen LogP contribution in [0.1, 0.15) is 0 Å². The summed E-state index contributed by atoms with van der Waals surface area (Å²) in [6, 6.07) is 44.9. The third-order valence-electron chi connectivity index (χ3n) is 6.79. The molecule has 2 N–H and O–H groups in total. The molecule has 6 aromatic rings. The SMILES string of the molecule is O=C(O)Nc1cccc2sc3c([Si](c4ccccc4)(c4ccccc4)c4ccccc4)cccc3c12. The maximum atomic E-state index is 11.6. The van der Waals surface area contributed by atoms with E-state index in [0.717, 1.165) is 15.5 Å². The number of fused-ring (bicyclic) bond motifs is 3. The van der Waals surface area contributed by atoms with E-state index in [9.17, 15) is 9.90 Å². The minimum atomic E-state index is -2.70. The maximum absolute atomic E-state index is 11.6. The zero-order valence-electron chi connectivity index (χ0n) is 19.4. The Morgan fingerprint density at radius 1 is 0.639 bits per heavy atom. The molecule has 5 heteroatoms. The van der Waals surface area contributed by atoms with Gasteiger partial charge >= 0.3 is 6.09 Å². The molecule has 0 unspecified atom stereocenters. The molecule has 0 radical (unpaired) electrons. The number of carboxylic acid groups (broad SMARTS) is 1. The molecular weight excluding hydrogens is 478 g/mol. The van der Waals surface area contributed by atoms with Gasteiger partial charge in [-0.2, -0.15) is 0 Å². The Hall–Kier alpha value is -4.19. The first-order valence-corrected chi connectivity index (χ1v) is 14.6. The molecule has 0 saturated carbocycles. The predicted octanol–water partition coefficient (Wildman–Crippen LogP) is 5.52. The fourth-order valence-corrected chi connectivity index (χ4v) is 12.0. The summed E-state index contributed by atoms with van der Waals surface area (Å²) in [5, 5.41) is 19.4. The Kier molecular flexibility index (Phi) is 5.64. The highest BCUT2D eigenvalue weighted by atomic mass is 32.1. The average molecular weight is 502 g/mol. The first-order valence-electron chi connectivity index (χ1n) is 11.8. The van der Waals surface area contributed by atoms with E-state index in [-0.39, 0.29) is 0 Å². The minimum absolute atomic E-state index is 0.620. The van der Waals surface area contributed by atoms with E-state index < -0.39 is 14.2 Å². The van der Waals surface area contributed by atoms with Gasteiger partial charge in [-0.15, -0.1) is 11.3 Å². The first kappa shape index (κ1) is 22.3. The van der Waals surface area contributed by atoms with Crippen LogP contribution in [0.2, 0.25) is 0 Å². The van der Waals surface area contributed by atoms with Crippen LogP contribution < -0.4 is 26.1 Å². The highest BCUT2D eigenvalue weighted by Crippen LogP contribution is 2.38. The van der Waals surface area contributed by atoms with Crippen LogP contribution in [0.3, 0.4) is 0 Å². The number of thiophene rings is 1. The Morgan fingerprint density at radius 3 is 1.69 bits per heavy atom. The summed E-state index contributed by atoms with van der Waals surface area (Å²) in [6.07, 6.45) is -1.06. The van der Waals surface area contributed by atoms with Crippen molar-refractivity contribution < 1.29 is 9.90 Å². The molecule has 0 aliphatic heterocycles. The molecule has 1 aromatic heterocycles. The van der Waals surface area contributed by atoms with E-state index in [2.05, 4.69) is 121 Å². The van der Waals surface area contributed by atoms with Crippen molar-refractivity contribution in [1.29, 1.82) is 0 Å². The lowest BCUT2D eigenvalue weighted by atomic mass is 10.1. The molecule has 0 aliphatic carbocycles. The smallest absolute Gasteiger partial charge is 0.409 e. The second-order valence-electron chi connectivity index (χ2n) is 8.74. The van der Waals surface area contributed by atoms with Crippen molar-refractivity contribution in [1.82, 2.24) is 0 Å². The summed E-state index contributed by atoms with van der Waals surface area (Å²) in [5.41, 5.74) is 0.620. The molecule has 0 atom stereocenters. The number of hydrogen-bond acceptors (Lipinski definition) is 2. The largest absolute Gasteiger partial charge is 0.465 e. The Bertz CT molecular complexity index is 1590. The van der Waals surface area contributed by atoms with Crippen LogP contribution in [0.25, 0.3) is 20.2 Å². The molecule has 0 bridgehead atoms. The van der Waals surface area contributed by atoms with Gasteiger partial charge in [-0.1, -0.05) is 115 Å². The van der Waals surface area contributed by atoms with Gasteiger partial charge in [-0.05, 0) is 32.9 Å². The van der Waals surface area contributed by atoms with Crippen LogP contribution >= 0.6 is 11.3 Å². The van der Waals surface area contributed by atoms with Crippen molar-refractivity contribution in [3.63, 3.8) is 0 Å². The molecule has 5 aromatic carbocycles. The van der Waals surface area contributed by atoms with Gasteiger partial charge in [0.15, 0.2) is 8.07 Å². The summed E-state index contributed by atoms with van der Waals surface area (Å²) in [4.78, 5) is 11.6. The van der Waals surface area contributed by atoms with Crippen molar-refractivity contribution in [3.05, 3.63) is 127 Å². The standard InChI is InChI=1S/C31H23NO2SSi/c33-31(34)32-26-19-11-20-27-29(26)25-18-10-21-28(30(25)35-27)36(22-12-4-1-5-13-22,23-14-6-2-7-15-23)24-16-8-3-9-17-24/h1-21,32H,(H,33,34). The molecule has 0 spiro atoms. The molecule has 0 aliphatic rings. The van der Waals surface area contributed by atoms with E-state index in [0.29, 0.717) is 5.69 Å². The normalized spacial score (nSPS) is 11.6. The van der Waals surface area contributed by atoms with E-state index in [1.54, 1.807) is 11.3 Å². The molecule has 0 saturated heterocycles. The molecule has 36 heavy (non-hydrogen) atoms. The quantitative estimate of drug-likeness (QED) is 0.241. The highest BCUT2D eigenvalue weighted by molar-refractivity contribution is 7.30. The van der Waals surface area contributed by atoms with Gasteiger partial charge in [0.2, 0.25) is 0 Å². The summed E-state index contributed by atoms with van der Waals surface area (Å²) in [6.45, 7) is 0. The summed E-state index contributed by atoms with van der Waals surface area (Å²) in [7, 11) is -2.70. The summed E-state index contributed by atoms with van der Waals surface area (Å²) < 4.78 is 2.27. The van der Waals surface area contributed by atoms with E-state index >= 15 is 0 Å². The number of hydrogen-bond donors (Lipinski definition) is 2. The second-order valence-corrected chi connectivity index (χ2v) is 13.6. The molecule has 6 rings (SSSR count). The number of rotatable bonds is 5. The number of benzene rings is 5. The lowest BCUT2D eigenvalue weighted by Crippen LogP contribution is -2.74. The molecule has 1 amide bonds. The van der Waals surface area contributed by atoms with Crippen LogP contribution in [-0.4, -0.2) is 19.3 Å². The number of carbonyl (C=O) groups is 1. The fraction of sp³-hybridized carbons (Fsp3) is 0. The first-order chi connectivity index (χ1) is 17.7. The van der Waals surface area contributed by atoms with E-state index in [1.165, 1.54) is 25.4 Å². The van der Waals surface area contributed by atoms with Gasteiger partial charge < -0.3 is 5.11 Å². The Labute approximate surface area is 214 Å². The predicted molar refractivity (Wildman–Crippen MR) is 155 cm³/mol. The van der Waals surface area contributed by atoms with Crippen molar-refractivity contribution in [3.8, 4) is 0 Å². The average Bonchev–Trinajstić information content (AvgIpc) is 3.31. The third-order valence-corrected chi connectivity index (χ3v) is 13.0. The van der Waals surface area contributed by atoms with Crippen LogP contribution in [0.15, 0.2) is 127 Å². The van der Waals surface area contributed by atoms with Gasteiger partial charge in [0.05, 0.1) is 5.69 Å². The summed E-state index contributed by atoms with van der Waals surface area (Å²) >= 11 is 1.74. The molecule has 174 valence electrons. The van der Waals surface area contributed by atoms with Crippen molar-refractivity contribution in [2.45, 2.75) is 0 Å².